The molecule has 6 atom stereocenters. The van der Waals surface area contributed by atoms with Gasteiger partial charge >= 0.3 is 0 Å². The fraction of sp³-hybridized carbons (Fsp3) is 0.407. The number of phenols is 1. The molecule has 0 spiro atoms. The zero-order valence-electron chi connectivity index (χ0n) is 20.8. The van der Waals surface area contributed by atoms with Crippen LogP contribution in [0, 0.1) is 17.8 Å². The number of thiophene rings is 1. The zero-order chi connectivity index (χ0) is 28.0. The second-order valence-corrected chi connectivity index (χ2v) is 13.6. The van der Waals surface area contributed by atoms with Gasteiger partial charge in [-0.25, -0.2) is 0 Å². The molecule has 6 rings (SSSR count). The van der Waals surface area contributed by atoms with Crippen molar-refractivity contribution < 1.29 is 29.0 Å². The summed E-state index contributed by atoms with van der Waals surface area (Å²) in [4.78, 5) is 53.7. The molecule has 2 aliphatic carbocycles. The molecule has 1 N–H and O–H groups in total. The topological polar surface area (TPSA) is 104 Å². The average Bonchev–Trinajstić information content (AvgIpc) is 3.54. The van der Waals surface area contributed by atoms with E-state index in [1.807, 2.05) is 23.6 Å². The second-order valence-electron chi connectivity index (χ2n) is 10.4. The van der Waals surface area contributed by atoms with E-state index in [2.05, 4.69) is 15.9 Å². The molecule has 3 heterocycles. The first-order chi connectivity index (χ1) is 18.5. The molecule has 12 heteroatoms. The molecule has 4 amide bonds. The van der Waals surface area contributed by atoms with E-state index in [4.69, 9.17) is 27.9 Å². The lowest BCUT2D eigenvalue weighted by Crippen LogP contribution is -2.60. The van der Waals surface area contributed by atoms with Crippen LogP contribution >= 0.6 is 50.5 Å². The summed E-state index contributed by atoms with van der Waals surface area (Å²) < 4.78 is 5.90. The summed E-state index contributed by atoms with van der Waals surface area (Å²) in [5, 5.41) is 13.1. The minimum Gasteiger partial charge on any atom is -0.504 e. The minimum atomic E-state index is -1.98. The van der Waals surface area contributed by atoms with Gasteiger partial charge in [0.15, 0.2) is 21.2 Å². The molecule has 8 nitrogen and oxygen atoms in total. The first kappa shape index (κ1) is 26.8. The number of halogens is 3. The van der Waals surface area contributed by atoms with Gasteiger partial charge < -0.3 is 9.84 Å². The van der Waals surface area contributed by atoms with Gasteiger partial charge in [-0.1, -0.05) is 33.6 Å². The highest BCUT2D eigenvalue weighted by Gasteiger charge is 2.76. The molecule has 3 fully saturated rings. The second kappa shape index (κ2) is 9.06. The summed E-state index contributed by atoms with van der Waals surface area (Å²) in [6, 6.07) is 6.90. The summed E-state index contributed by atoms with van der Waals surface area (Å²) >= 11 is 19.2. The lowest BCUT2D eigenvalue weighted by atomic mass is 9.56. The minimum absolute atomic E-state index is 0.103. The maximum atomic E-state index is 13.8. The first-order valence-corrected chi connectivity index (χ1v) is 14.7. The highest BCUT2D eigenvalue weighted by atomic mass is 79.9. The van der Waals surface area contributed by atoms with Crippen LogP contribution in [0.4, 0.5) is 0 Å². The number of nitrogens with zero attached hydrogens (tertiary/aromatic N) is 2. The van der Waals surface area contributed by atoms with E-state index in [0.29, 0.717) is 10.0 Å². The predicted molar refractivity (Wildman–Crippen MR) is 148 cm³/mol. The van der Waals surface area contributed by atoms with Crippen LogP contribution in [0.3, 0.4) is 0 Å². The molecule has 1 aromatic heterocycles. The van der Waals surface area contributed by atoms with Gasteiger partial charge in [0, 0.05) is 27.9 Å². The van der Waals surface area contributed by atoms with E-state index in [0.717, 1.165) is 9.78 Å². The van der Waals surface area contributed by atoms with Gasteiger partial charge in [-0.15, -0.1) is 34.5 Å². The molecule has 39 heavy (non-hydrogen) atoms. The number of carbonyl (C=O) groups is 4. The van der Waals surface area contributed by atoms with E-state index in [9.17, 15) is 24.3 Å². The molecule has 2 saturated heterocycles. The number of hydrogen-bond acceptors (Lipinski definition) is 7. The molecule has 1 saturated carbocycles. The average molecular weight is 654 g/mol. The van der Waals surface area contributed by atoms with Gasteiger partial charge in [-0.2, -0.15) is 0 Å². The number of ether oxygens (including phenoxy) is 1. The zero-order valence-corrected chi connectivity index (χ0v) is 24.7. The van der Waals surface area contributed by atoms with E-state index >= 15 is 0 Å². The summed E-state index contributed by atoms with van der Waals surface area (Å²) in [5.74, 6) is -5.22. The van der Waals surface area contributed by atoms with Crippen molar-refractivity contribution in [3.8, 4) is 11.5 Å². The number of hydrogen-bond donors (Lipinski definition) is 1. The van der Waals surface area contributed by atoms with E-state index in [1.165, 1.54) is 30.4 Å². The van der Waals surface area contributed by atoms with Crippen molar-refractivity contribution >= 4 is 74.1 Å². The van der Waals surface area contributed by atoms with E-state index < -0.39 is 45.2 Å². The number of allylic oxidation sites excluding steroid dienone is 2. The fourth-order valence-electron chi connectivity index (χ4n) is 6.84. The van der Waals surface area contributed by atoms with Crippen molar-refractivity contribution in [3.05, 3.63) is 56.2 Å². The Morgan fingerprint density at radius 3 is 2.56 bits per heavy atom. The number of carbonyl (C=O) groups excluding carboxylic acids is 4. The highest BCUT2D eigenvalue weighted by Crippen LogP contribution is 2.66. The third kappa shape index (κ3) is 3.47. The largest absolute Gasteiger partial charge is 0.504 e. The smallest absolute Gasteiger partial charge is 0.253 e. The van der Waals surface area contributed by atoms with Gasteiger partial charge in [0.1, 0.15) is 0 Å². The number of rotatable bonds is 4. The number of phenolic OH excluding ortho intramolecular Hbond substituents is 1. The monoisotopic (exact) mass is 652 g/mol. The summed E-state index contributed by atoms with van der Waals surface area (Å²) in [6.45, 7) is 0.170. The van der Waals surface area contributed by atoms with Crippen molar-refractivity contribution in [1.82, 2.24) is 9.80 Å². The van der Waals surface area contributed by atoms with Gasteiger partial charge in [-0.3, -0.25) is 29.0 Å². The van der Waals surface area contributed by atoms with Crippen LogP contribution < -0.4 is 4.74 Å². The Hall–Kier alpha value is -2.40. The molecule has 4 aliphatic rings. The molecule has 6 unspecified atom stereocenters. The quantitative estimate of drug-likeness (QED) is 0.298. The molecule has 2 aromatic rings. The summed E-state index contributed by atoms with van der Waals surface area (Å²) in [7, 11) is 2.72. The summed E-state index contributed by atoms with van der Waals surface area (Å²) in [5.41, 5.74) is 0.841. The Morgan fingerprint density at radius 1 is 1.15 bits per heavy atom. The van der Waals surface area contributed by atoms with Gasteiger partial charge in [-0.05, 0) is 42.3 Å². The molecular formula is C27H23BrCl2N2O6S. The SMILES string of the molecule is COc1cc(Br)cc(C2C3=CCC4C(=O)N(Cc5cccs5)C(=O)C4C3CC3(Cl)C(=O)N(C)C(=O)C23Cl)c1O. The third-order valence-electron chi connectivity index (χ3n) is 8.60. The van der Waals surface area contributed by atoms with E-state index in [1.54, 1.807) is 12.1 Å². The predicted octanol–water partition coefficient (Wildman–Crippen LogP) is 4.41. The maximum Gasteiger partial charge on any atom is 0.253 e. The van der Waals surface area contributed by atoms with Gasteiger partial charge in [0.25, 0.3) is 11.8 Å². The van der Waals surface area contributed by atoms with Gasteiger partial charge in [0.05, 0.1) is 25.5 Å². The van der Waals surface area contributed by atoms with Crippen LogP contribution in [0.15, 0.2) is 45.8 Å². The Labute approximate surface area is 246 Å². The number of likely N-dealkylation sites (tertiary alicyclic amines) is 2. The molecule has 204 valence electrons. The molecular weight excluding hydrogens is 631 g/mol. The molecule has 0 bridgehead atoms. The lowest BCUT2D eigenvalue weighted by Gasteiger charge is -2.50. The normalized spacial score (nSPS) is 33.7. The molecule has 1 aromatic carbocycles. The van der Waals surface area contributed by atoms with Crippen molar-refractivity contribution in [1.29, 1.82) is 0 Å². The first-order valence-electron chi connectivity index (χ1n) is 12.3. The Morgan fingerprint density at radius 2 is 1.90 bits per heavy atom. The number of benzene rings is 1. The Bertz CT molecular complexity index is 1480. The molecule has 2 aliphatic heterocycles. The summed E-state index contributed by atoms with van der Waals surface area (Å²) in [6.07, 6.45) is 1.98. The highest BCUT2D eigenvalue weighted by molar-refractivity contribution is 9.10. The lowest BCUT2D eigenvalue weighted by molar-refractivity contribution is -0.141. The van der Waals surface area contributed by atoms with Gasteiger partial charge in [0.2, 0.25) is 11.8 Å². The van der Waals surface area contributed by atoms with Crippen LogP contribution in [-0.2, 0) is 25.7 Å². The van der Waals surface area contributed by atoms with Crippen LogP contribution in [0.1, 0.15) is 29.2 Å². The van der Waals surface area contributed by atoms with Crippen molar-refractivity contribution in [2.75, 3.05) is 14.2 Å². The van der Waals surface area contributed by atoms with Crippen molar-refractivity contribution in [2.24, 2.45) is 17.8 Å². The van der Waals surface area contributed by atoms with Crippen LogP contribution in [0.2, 0.25) is 0 Å². The van der Waals surface area contributed by atoms with Crippen LogP contribution in [-0.4, -0.2) is 62.4 Å². The number of amides is 4. The number of methoxy groups -OCH3 is 1. The molecule has 0 radical (unpaired) electrons. The fourth-order valence-corrected chi connectivity index (χ4v) is 9.00. The number of aromatic hydroxyl groups is 1. The van der Waals surface area contributed by atoms with Crippen LogP contribution in [0.5, 0.6) is 11.5 Å². The maximum absolute atomic E-state index is 13.8. The standard InChI is InChI=1S/C27H23BrCl2N2O6S/c1-31-24(36)26(29)10-17-14(5-6-15-19(17)23(35)32(22(15)34)11-13-4-3-7-39-13)20(27(26,30)25(31)37)16-8-12(28)9-18(38-2)21(16)33/h3-5,7-9,15,17,19-20,33H,6,10-11H2,1-2H3. The van der Waals surface area contributed by atoms with Crippen molar-refractivity contribution in [2.45, 2.75) is 35.1 Å². The van der Waals surface area contributed by atoms with E-state index in [-0.39, 0.29) is 48.3 Å². The number of alkyl halides is 2. The Balaban J connectivity index is 1.53. The Kier molecular flexibility index (Phi) is 6.22. The van der Waals surface area contributed by atoms with Crippen LogP contribution in [0.25, 0.3) is 0 Å². The number of imide groups is 2. The number of fused-ring (bicyclic) bond motifs is 4. The van der Waals surface area contributed by atoms with Crippen molar-refractivity contribution in [3.63, 3.8) is 0 Å². The third-order valence-corrected chi connectivity index (χ3v) is 11.3.